The molecule has 2 N–H and O–H groups in total. The first kappa shape index (κ1) is 50.3. The molecule has 4 aliphatic carbocycles. The molecule has 2 aliphatic heterocycles. The molecule has 0 bridgehead atoms. The number of halogens is 2. The monoisotopic (exact) mass is 947 g/mol. The lowest BCUT2D eigenvalue weighted by molar-refractivity contribution is -0.149. The molecule has 2 spiro atoms. The average molecular weight is 947 g/mol. The van der Waals surface area contributed by atoms with Gasteiger partial charge in [-0.2, -0.15) is 0 Å². The maximum Gasteiger partial charge on any atom is 0.309 e. The highest BCUT2D eigenvalue weighted by molar-refractivity contribution is 5.80. The van der Waals surface area contributed by atoms with Crippen LogP contribution in [0.15, 0.2) is 84.9 Å². The number of rotatable bonds is 12. The van der Waals surface area contributed by atoms with Crippen LogP contribution in [-0.4, -0.2) is 73.2 Å². The second-order valence-corrected chi connectivity index (χ2v) is 20.7. The number of carboxylic acids is 1. The molecule has 0 unspecified atom stereocenters. The standard InChI is InChI=1S/C28H34FNO3.C22H23FO2.C8H15NO2/c29-26-22(19-30-17-11-21(12-18-30)27(31)32)3-1-4-25(26)20-5-7-23(8-6-20)33-24-9-15-28(16-10-24)13-2-14-28;23-21-17(15-24)3-1-4-20(21)16-5-7-18(8-6-16)25-19-9-13-22(14-10-19)11-2-12-22;1-2-11-8(10)7-3-5-9-6-4-7/h1,3-8,21,24H,2,9-19H2,(H,31,32);1,3-8,15,19H,2,9-14H2;7,9H,2-6H2,1H3. The number of esters is 1. The predicted molar refractivity (Wildman–Crippen MR) is 265 cm³/mol. The number of ether oxygens (including phenoxy) is 3. The summed E-state index contributed by atoms with van der Waals surface area (Å²) in [6.45, 7) is 6.13. The minimum absolute atomic E-state index is 0.0194. The summed E-state index contributed by atoms with van der Waals surface area (Å²) < 4.78 is 46.9. The molecule has 9 nitrogen and oxygen atoms in total. The van der Waals surface area contributed by atoms with Gasteiger partial charge < -0.3 is 24.6 Å². The summed E-state index contributed by atoms with van der Waals surface area (Å²) in [5.41, 5.74) is 4.68. The van der Waals surface area contributed by atoms with E-state index in [2.05, 4.69) is 10.2 Å². The van der Waals surface area contributed by atoms with Crippen LogP contribution in [-0.2, 0) is 20.9 Å². The molecule has 10 rings (SSSR count). The Kier molecular flexibility index (Phi) is 17.2. The molecule has 6 aliphatic rings. The van der Waals surface area contributed by atoms with E-state index in [4.69, 9.17) is 14.2 Å². The lowest BCUT2D eigenvalue weighted by atomic mass is 9.60. The number of nitrogens with one attached hydrogen (secondary N) is 1. The van der Waals surface area contributed by atoms with Gasteiger partial charge in [0.15, 0.2) is 6.29 Å². The highest BCUT2D eigenvalue weighted by Crippen LogP contribution is 2.53. The minimum atomic E-state index is -0.721. The van der Waals surface area contributed by atoms with Crippen LogP contribution in [0.1, 0.15) is 138 Å². The van der Waals surface area contributed by atoms with Gasteiger partial charge in [0.25, 0.3) is 0 Å². The first-order valence-corrected chi connectivity index (χ1v) is 25.9. The number of likely N-dealkylation sites (tertiary alicyclic amines) is 1. The van der Waals surface area contributed by atoms with Crippen molar-refractivity contribution in [3.63, 3.8) is 0 Å². The quantitative estimate of drug-likeness (QED) is 0.106. The largest absolute Gasteiger partial charge is 0.490 e. The molecule has 4 saturated carbocycles. The van der Waals surface area contributed by atoms with Gasteiger partial charge in [-0.05, 0) is 188 Å². The van der Waals surface area contributed by atoms with Crippen LogP contribution in [0.4, 0.5) is 8.78 Å². The highest BCUT2D eigenvalue weighted by Gasteiger charge is 2.41. The third-order valence-corrected chi connectivity index (χ3v) is 16.3. The van der Waals surface area contributed by atoms with Gasteiger partial charge >= 0.3 is 11.9 Å². The normalized spacial score (nSPS) is 21.3. The number of hydrogen-bond acceptors (Lipinski definition) is 8. The predicted octanol–water partition coefficient (Wildman–Crippen LogP) is 12.6. The van der Waals surface area contributed by atoms with Crippen molar-refractivity contribution in [1.29, 1.82) is 0 Å². The van der Waals surface area contributed by atoms with E-state index in [1.54, 1.807) is 12.1 Å². The fourth-order valence-corrected chi connectivity index (χ4v) is 11.5. The van der Waals surface area contributed by atoms with Crippen molar-refractivity contribution in [3.05, 3.63) is 108 Å². The Bertz CT molecular complexity index is 2300. The molecule has 2 saturated heterocycles. The highest BCUT2D eigenvalue weighted by atomic mass is 19.1. The zero-order chi connectivity index (χ0) is 48.2. The Morgan fingerprint density at radius 2 is 1.14 bits per heavy atom. The summed E-state index contributed by atoms with van der Waals surface area (Å²) >= 11 is 0. The number of carbonyl (C=O) groups is 3. The van der Waals surface area contributed by atoms with Crippen LogP contribution in [0.2, 0.25) is 0 Å². The van der Waals surface area contributed by atoms with Gasteiger partial charge in [-0.3, -0.25) is 19.3 Å². The molecular weight excluding hydrogens is 875 g/mol. The van der Waals surface area contributed by atoms with Crippen molar-refractivity contribution in [3.8, 4) is 33.8 Å². The smallest absolute Gasteiger partial charge is 0.309 e. The summed E-state index contributed by atoms with van der Waals surface area (Å²) in [6, 6.07) is 25.8. The van der Waals surface area contributed by atoms with Crippen LogP contribution in [0.3, 0.4) is 0 Å². The minimum Gasteiger partial charge on any atom is -0.490 e. The summed E-state index contributed by atoms with van der Waals surface area (Å²) in [5, 5.41) is 12.4. The van der Waals surface area contributed by atoms with Gasteiger partial charge in [0.1, 0.15) is 23.1 Å². The van der Waals surface area contributed by atoms with Crippen LogP contribution < -0.4 is 14.8 Å². The summed E-state index contributed by atoms with van der Waals surface area (Å²) in [4.78, 5) is 35.4. The Balaban J connectivity index is 0.000000157. The van der Waals surface area contributed by atoms with Crippen LogP contribution in [0, 0.1) is 34.3 Å². The van der Waals surface area contributed by atoms with Crippen molar-refractivity contribution in [2.24, 2.45) is 22.7 Å². The first-order valence-electron chi connectivity index (χ1n) is 25.9. The second-order valence-electron chi connectivity index (χ2n) is 20.7. The Hall–Kier alpha value is -5.13. The van der Waals surface area contributed by atoms with Gasteiger partial charge in [-0.1, -0.05) is 67.4 Å². The fraction of sp³-hybridized carbons (Fsp3) is 0.534. The summed E-state index contributed by atoms with van der Waals surface area (Å²) in [6.07, 6.45) is 22.4. The molecule has 4 aromatic carbocycles. The average Bonchev–Trinajstić information content (AvgIpc) is 3.36. The Morgan fingerprint density at radius 1 is 0.652 bits per heavy atom. The maximum atomic E-state index is 15.4. The maximum absolute atomic E-state index is 15.4. The van der Waals surface area contributed by atoms with Crippen LogP contribution in [0.5, 0.6) is 11.5 Å². The number of hydrogen-bond donors (Lipinski definition) is 2. The van der Waals surface area contributed by atoms with Gasteiger partial charge in [-0.15, -0.1) is 0 Å². The molecule has 6 fully saturated rings. The van der Waals surface area contributed by atoms with Crippen molar-refractivity contribution in [2.45, 2.75) is 141 Å². The van der Waals surface area contributed by atoms with E-state index in [9.17, 15) is 23.9 Å². The number of aliphatic carboxylic acids is 1. The molecule has 0 radical (unpaired) electrons. The number of nitrogens with zero attached hydrogens (tertiary/aromatic N) is 1. The van der Waals surface area contributed by atoms with Gasteiger partial charge in [0.05, 0.1) is 36.2 Å². The van der Waals surface area contributed by atoms with E-state index in [-0.39, 0.29) is 29.2 Å². The second kappa shape index (κ2) is 23.7. The number of carboxylic acid groups (broad SMARTS) is 1. The molecule has 2 heterocycles. The van der Waals surface area contributed by atoms with Crippen molar-refractivity contribution < 1.29 is 42.5 Å². The number of aldehydes is 1. The molecule has 0 amide bonds. The molecule has 11 heteroatoms. The van der Waals surface area contributed by atoms with E-state index in [0.29, 0.717) is 85.1 Å². The summed E-state index contributed by atoms with van der Waals surface area (Å²) in [5.74, 6) is 0.183. The topological polar surface area (TPSA) is 114 Å². The Morgan fingerprint density at radius 3 is 1.59 bits per heavy atom. The van der Waals surface area contributed by atoms with Gasteiger partial charge in [0.2, 0.25) is 0 Å². The van der Waals surface area contributed by atoms with Crippen molar-refractivity contribution in [1.82, 2.24) is 10.2 Å². The summed E-state index contributed by atoms with van der Waals surface area (Å²) in [7, 11) is 0. The molecule has 4 aromatic rings. The SMILES string of the molecule is CCOC(=O)C1CCNCC1.O=C(O)C1CCN(Cc2cccc(-c3ccc(OC4CCC5(CCC5)CC4)cc3)c2F)CC1.O=Cc1cccc(-c2ccc(OC3CCC4(CCC4)CC3)cc2)c1F. The van der Waals surface area contributed by atoms with E-state index in [1.807, 2.05) is 73.7 Å². The zero-order valence-corrected chi connectivity index (χ0v) is 40.5. The fourth-order valence-electron chi connectivity index (χ4n) is 11.5. The third-order valence-electron chi connectivity index (χ3n) is 16.3. The number of piperidine rings is 2. The lowest BCUT2D eigenvalue weighted by Crippen LogP contribution is -2.37. The van der Waals surface area contributed by atoms with Gasteiger partial charge in [-0.25, -0.2) is 8.78 Å². The third kappa shape index (κ3) is 13.0. The number of benzene rings is 4. The van der Waals surface area contributed by atoms with E-state index in [0.717, 1.165) is 74.2 Å². The molecule has 0 aromatic heterocycles. The first-order chi connectivity index (χ1) is 33.5. The number of carbonyl (C=O) groups excluding carboxylic acids is 2. The Labute approximate surface area is 407 Å². The molecule has 0 atom stereocenters. The van der Waals surface area contributed by atoms with E-state index < -0.39 is 11.8 Å². The van der Waals surface area contributed by atoms with Gasteiger partial charge in [0, 0.05) is 23.2 Å². The zero-order valence-electron chi connectivity index (χ0n) is 40.5. The molecule has 370 valence electrons. The van der Waals surface area contributed by atoms with E-state index in [1.165, 1.54) is 70.3 Å². The molecule has 69 heavy (non-hydrogen) atoms. The lowest BCUT2D eigenvalue weighted by Gasteiger charge is -2.46. The van der Waals surface area contributed by atoms with Crippen LogP contribution >= 0.6 is 0 Å². The van der Waals surface area contributed by atoms with Crippen LogP contribution in [0.25, 0.3) is 22.3 Å². The van der Waals surface area contributed by atoms with Crippen molar-refractivity contribution in [2.75, 3.05) is 32.8 Å². The van der Waals surface area contributed by atoms with E-state index >= 15 is 4.39 Å². The molecular formula is C58H72F2N2O7. The van der Waals surface area contributed by atoms with Crippen molar-refractivity contribution >= 4 is 18.2 Å².